The maximum absolute atomic E-state index is 13.1. The van der Waals surface area contributed by atoms with Crippen LogP contribution in [0.2, 0.25) is 5.02 Å². The van der Waals surface area contributed by atoms with Crippen LogP contribution in [0.4, 0.5) is 0 Å². The minimum absolute atomic E-state index is 0.105. The molecule has 0 saturated heterocycles. The zero-order chi connectivity index (χ0) is 17.5. The zero-order valence-corrected chi connectivity index (χ0v) is 14.5. The van der Waals surface area contributed by atoms with Crippen molar-refractivity contribution in [3.63, 3.8) is 0 Å². The van der Waals surface area contributed by atoms with Crippen LogP contribution in [0.5, 0.6) is 0 Å². The molecule has 0 aliphatic carbocycles. The molecule has 24 heavy (non-hydrogen) atoms. The Balaban J connectivity index is 2.38. The third-order valence-corrected chi connectivity index (χ3v) is 5.74. The van der Waals surface area contributed by atoms with Crippen molar-refractivity contribution in [3.8, 4) is 0 Å². The van der Waals surface area contributed by atoms with Crippen molar-refractivity contribution >= 4 is 38.3 Å². The zero-order valence-electron chi connectivity index (χ0n) is 13.0. The predicted octanol–water partition coefficient (Wildman–Crippen LogP) is 3.75. The predicted molar refractivity (Wildman–Crippen MR) is 91.3 cm³/mol. The number of fused-ring (bicyclic) bond motifs is 1. The summed E-state index contributed by atoms with van der Waals surface area (Å²) in [6, 6.07) is 11.3. The Morgan fingerprint density at radius 1 is 1.17 bits per heavy atom. The number of aryl methyl sites for hydroxylation is 1. The van der Waals surface area contributed by atoms with Crippen molar-refractivity contribution < 1.29 is 17.9 Å². The van der Waals surface area contributed by atoms with Crippen molar-refractivity contribution in [1.29, 1.82) is 0 Å². The Morgan fingerprint density at radius 2 is 1.92 bits per heavy atom. The summed E-state index contributed by atoms with van der Waals surface area (Å²) in [6.07, 6.45) is 0. The molecule has 124 valence electrons. The molecule has 0 aliphatic heterocycles. The first-order chi connectivity index (χ1) is 11.3. The number of halogens is 1. The van der Waals surface area contributed by atoms with Crippen LogP contribution in [0, 0.1) is 6.92 Å². The van der Waals surface area contributed by atoms with Gasteiger partial charge in [-0.1, -0.05) is 23.7 Å². The number of nitrogens with one attached hydrogen (secondary N) is 1. The number of aromatic nitrogens is 1. The van der Waals surface area contributed by atoms with Crippen molar-refractivity contribution in [2.45, 2.75) is 16.7 Å². The normalized spacial score (nSPS) is 11.6. The number of rotatable bonds is 3. The topological polar surface area (TPSA) is 76.2 Å². The largest absolute Gasteiger partial charge is 0.464 e. The second-order valence-electron chi connectivity index (χ2n) is 5.33. The number of ether oxygens (including phenoxy) is 1. The summed E-state index contributed by atoms with van der Waals surface area (Å²) in [7, 11) is -2.74. The smallest absolute Gasteiger partial charge is 0.355 e. The summed E-state index contributed by atoms with van der Waals surface area (Å²) < 4.78 is 31.0. The van der Waals surface area contributed by atoms with Crippen LogP contribution in [0.1, 0.15) is 16.1 Å². The van der Waals surface area contributed by atoms with Crippen LogP contribution in [0.3, 0.4) is 0 Å². The van der Waals surface area contributed by atoms with Crippen LogP contribution < -0.4 is 0 Å². The first-order valence-corrected chi connectivity index (χ1v) is 8.92. The molecule has 7 heteroatoms. The lowest BCUT2D eigenvalue weighted by atomic mass is 10.2. The van der Waals surface area contributed by atoms with Gasteiger partial charge >= 0.3 is 5.97 Å². The molecule has 0 amide bonds. The third kappa shape index (κ3) is 2.68. The second kappa shape index (κ2) is 5.96. The second-order valence-corrected chi connectivity index (χ2v) is 7.65. The van der Waals surface area contributed by atoms with Gasteiger partial charge < -0.3 is 9.72 Å². The first kappa shape index (κ1) is 16.5. The Labute approximate surface area is 144 Å². The number of hydrogen-bond donors (Lipinski definition) is 1. The van der Waals surface area contributed by atoms with Gasteiger partial charge in [0.25, 0.3) is 0 Å². The number of H-pyrrole nitrogens is 1. The monoisotopic (exact) mass is 363 g/mol. The number of benzene rings is 2. The molecule has 1 N–H and O–H groups in total. The minimum Gasteiger partial charge on any atom is -0.464 e. The summed E-state index contributed by atoms with van der Waals surface area (Å²) in [5.41, 5.74) is 1.18. The molecular formula is C17H14ClNO4S. The maximum atomic E-state index is 13.1. The molecule has 2 aromatic carbocycles. The van der Waals surface area contributed by atoms with Gasteiger partial charge in [0.05, 0.1) is 12.0 Å². The standard InChI is InChI=1S/C17H14ClNO4S/c1-10-4-3-5-12(8-10)24(21,22)16-13-9-11(18)6-7-14(13)19-15(16)17(20)23-2/h3-9,19H,1-2H3. The van der Waals surface area contributed by atoms with E-state index in [-0.39, 0.29) is 15.5 Å². The third-order valence-electron chi connectivity index (χ3n) is 3.67. The average molecular weight is 364 g/mol. The van der Waals surface area contributed by atoms with Crippen LogP contribution in [0.15, 0.2) is 52.3 Å². The first-order valence-electron chi connectivity index (χ1n) is 7.06. The summed E-state index contributed by atoms with van der Waals surface area (Å²) >= 11 is 6.01. The number of aromatic amines is 1. The Kier molecular flexibility index (Phi) is 4.11. The molecule has 0 saturated carbocycles. The van der Waals surface area contributed by atoms with Crippen molar-refractivity contribution in [3.05, 3.63) is 58.7 Å². The molecular weight excluding hydrogens is 350 g/mol. The molecule has 0 radical (unpaired) electrons. The molecule has 0 fully saturated rings. The number of esters is 1. The highest BCUT2D eigenvalue weighted by Gasteiger charge is 2.30. The fraction of sp³-hybridized carbons (Fsp3) is 0.118. The lowest BCUT2D eigenvalue weighted by molar-refractivity contribution is 0.0590. The number of hydrogen-bond acceptors (Lipinski definition) is 4. The van der Waals surface area contributed by atoms with Gasteiger partial charge in [-0.2, -0.15) is 0 Å². The van der Waals surface area contributed by atoms with Crippen LogP contribution >= 0.6 is 11.6 Å². The van der Waals surface area contributed by atoms with E-state index in [4.69, 9.17) is 16.3 Å². The Bertz CT molecular complexity index is 1050. The van der Waals surface area contributed by atoms with E-state index in [1.165, 1.54) is 19.2 Å². The lowest BCUT2D eigenvalue weighted by Gasteiger charge is -2.07. The molecule has 0 aliphatic rings. The summed E-state index contributed by atoms with van der Waals surface area (Å²) in [5.74, 6) is -0.756. The number of carbonyl (C=O) groups is 1. The summed E-state index contributed by atoms with van der Waals surface area (Å²) in [4.78, 5) is 14.9. The van der Waals surface area contributed by atoms with E-state index < -0.39 is 15.8 Å². The molecule has 0 unspecified atom stereocenters. The van der Waals surface area contributed by atoms with Crippen molar-refractivity contribution in [2.75, 3.05) is 7.11 Å². The van der Waals surface area contributed by atoms with Crippen molar-refractivity contribution in [1.82, 2.24) is 4.98 Å². The van der Waals surface area contributed by atoms with E-state index in [1.54, 1.807) is 37.3 Å². The molecule has 5 nitrogen and oxygen atoms in total. The van der Waals surface area contributed by atoms with E-state index in [0.717, 1.165) is 5.56 Å². The molecule has 0 spiro atoms. The van der Waals surface area contributed by atoms with Gasteiger partial charge in [0, 0.05) is 15.9 Å². The molecule has 1 heterocycles. The van der Waals surface area contributed by atoms with E-state index in [0.29, 0.717) is 15.9 Å². The SMILES string of the molecule is COC(=O)c1[nH]c2ccc(Cl)cc2c1S(=O)(=O)c1cccc(C)c1. The maximum Gasteiger partial charge on any atom is 0.355 e. The fourth-order valence-electron chi connectivity index (χ4n) is 2.56. The molecule has 3 rings (SSSR count). The van der Waals surface area contributed by atoms with E-state index in [1.807, 2.05) is 0 Å². The summed E-state index contributed by atoms with van der Waals surface area (Å²) in [6.45, 7) is 1.80. The Morgan fingerprint density at radius 3 is 2.58 bits per heavy atom. The number of methoxy groups -OCH3 is 1. The van der Waals surface area contributed by atoms with Crippen LogP contribution in [-0.4, -0.2) is 26.5 Å². The van der Waals surface area contributed by atoms with Gasteiger partial charge in [-0.15, -0.1) is 0 Å². The van der Waals surface area contributed by atoms with Gasteiger partial charge in [-0.05, 0) is 42.8 Å². The van der Waals surface area contributed by atoms with Gasteiger partial charge in [0.1, 0.15) is 10.6 Å². The number of sulfone groups is 1. The molecule has 0 bridgehead atoms. The van der Waals surface area contributed by atoms with E-state index >= 15 is 0 Å². The molecule has 0 atom stereocenters. The summed E-state index contributed by atoms with van der Waals surface area (Å²) in [5, 5.41) is 0.725. The fourth-order valence-corrected chi connectivity index (χ4v) is 4.43. The Hall–Kier alpha value is -2.31. The van der Waals surface area contributed by atoms with E-state index in [2.05, 4.69) is 4.98 Å². The van der Waals surface area contributed by atoms with Gasteiger partial charge in [0.15, 0.2) is 0 Å². The number of carbonyl (C=O) groups excluding carboxylic acids is 1. The highest BCUT2D eigenvalue weighted by Crippen LogP contribution is 2.33. The quantitative estimate of drug-likeness (QED) is 0.719. The highest BCUT2D eigenvalue weighted by atomic mass is 35.5. The lowest BCUT2D eigenvalue weighted by Crippen LogP contribution is -2.10. The van der Waals surface area contributed by atoms with Crippen LogP contribution in [-0.2, 0) is 14.6 Å². The van der Waals surface area contributed by atoms with Crippen molar-refractivity contribution in [2.24, 2.45) is 0 Å². The van der Waals surface area contributed by atoms with Gasteiger partial charge in [-0.25, -0.2) is 13.2 Å². The molecule has 1 aromatic heterocycles. The minimum atomic E-state index is -3.94. The van der Waals surface area contributed by atoms with E-state index in [9.17, 15) is 13.2 Å². The van der Waals surface area contributed by atoms with Gasteiger partial charge in [-0.3, -0.25) is 0 Å². The van der Waals surface area contributed by atoms with Gasteiger partial charge in [0.2, 0.25) is 9.84 Å². The molecule has 3 aromatic rings. The average Bonchev–Trinajstić information content (AvgIpc) is 2.93. The highest BCUT2D eigenvalue weighted by molar-refractivity contribution is 7.91. The van der Waals surface area contributed by atoms with Crippen LogP contribution in [0.25, 0.3) is 10.9 Å².